The first-order valence-electron chi connectivity index (χ1n) is 18.8. The molecule has 0 bridgehead atoms. The summed E-state index contributed by atoms with van der Waals surface area (Å²) in [6, 6.07) is 52.2. The molecule has 0 heterocycles. The van der Waals surface area contributed by atoms with E-state index in [1.165, 1.54) is 89.0 Å². The average Bonchev–Trinajstić information content (AvgIpc) is 3.74. The molecule has 0 fully saturated rings. The molecular weight excluding hydrogens is 629 g/mol. The molecule has 6 aromatic carbocycles. The van der Waals surface area contributed by atoms with Gasteiger partial charge in [0, 0.05) is 21.4 Å². The first kappa shape index (κ1) is 33.2. The van der Waals surface area contributed by atoms with E-state index in [9.17, 15) is 0 Å². The van der Waals surface area contributed by atoms with Crippen LogP contribution in [0.3, 0.4) is 0 Å². The van der Waals surface area contributed by atoms with Gasteiger partial charge in [-0.2, -0.15) is 0 Å². The van der Waals surface area contributed by atoms with E-state index in [0.717, 1.165) is 34.4 Å². The first-order chi connectivity index (χ1) is 25.1. The molecule has 2 atom stereocenters. The second kappa shape index (κ2) is 14.3. The number of rotatable bonds is 10. The van der Waals surface area contributed by atoms with Crippen LogP contribution in [0, 0.1) is 13.8 Å². The summed E-state index contributed by atoms with van der Waals surface area (Å²) in [6.45, 7) is 9.13. The summed E-state index contributed by atoms with van der Waals surface area (Å²) < 4.78 is 0. The lowest BCUT2D eigenvalue weighted by Gasteiger charge is -2.22. The molecule has 6 aromatic rings. The van der Waals surface area contributed by atoms with Crippen LogP contribution in [0.1, 0.15) is 81.3 Å². The van der Waals surface area contributed by atoms with Crippen LogP contribution in [0.5, 0.6) is 0 Å². The Hall–Kier alpha value is -4.98. The Morgan fingerprint density at radius 2 is 0.843 bits per heavy atom. The average molecular weight is 675 g/mol. The van der Waals surface area contributed by atoms with Crippen LogP contribution < -0.4 is 0 Å². The van der Waals surface area contributed by atoms with Gasteiger partial charge in [0.15, 0.2) is 0 Å². The Morgan fingerprint density at radius 3 is 1.25 bits per heavy atom. The lowest BCUT2D eigenvalue weighted by Crippen LogP contribution is -2.08. The van der Waals surface area contributed by atoms with Crippen molar-refractivity contribution in [2.24, 2.45) is 0 Å². The first-order valence-corrected chi connectivity index (χ1v) is 20.2. The van der Waals surface area contributed by atoms with E-state index in [1.807, 2.05) is 0 Å². The highest BCUT2D eigenvalue weighted by atomic mass is 28.2. The van der Waals surface area contributed by atoms with Crippen LogP contribution in [0.4, 0.5) is 0 Å². The number of hydrogen-bond acceptors (Lipinski definition) is 0. The van der Waals surface area contributed by atoms with Crippen molar-refractivity contribution >= 4 is 32.8 Å². The molecule has 2 aliphatic rings. The topological polar surface area (TPSA) is 0 Å². The fraction of sp³-hybridized carbons (Fsp3) is 0.200. The van der Waals surface area contributed by atoms with Crippen molar-refractivity contribution in [1.29, 1.82) is 0 Å². The maximum absolute atomic E-state index is 2.54. The van der Waals surface area contributed by atoms with Gasteiger partial charge in [0.05, 0.1) is 0 Å². The smallest absolute Gasteiger partial charge is 0.0397 e. The van der Waals surface area contributed by atoms with E-state index in [0.29, 0.717) is 11.8 Å². The van der Waals surface area contributed by atoms with Crippen LogP contribution in [0.15, 0.2) is 133 Å². The minimum Gasteiger partial charge on any atom is -0.0622 e. The van der Waals surface area contributed by atoms with E-state index < -0.39 is 0 Å². The van der Waals surface area contributed by atoms with Gasteiger partial charge in [-0.1, -0.05) is 159 Å². The fourth-order valence-electron chi connectivity index (χ4n) is 8.76. The summed E-state index contributed by atoms with van der Waals surface area (Å²) in [4.78, 5) is 0. The van der Waals surface area contributed by atoms with Crippen molar-refractivity contribution in [3.63, 3.8) is 0 Å². The van der Waals surface area contributed by atoms with E-state index >= 15 is 0 Å². The molecular formula is C50H46Si. The highest BCUT2D eigenvalue weighted by molar-refractivity contribution is 6.37. The van der Waals surface area contributed by atoms with E-state index in [4.69, 9.17) is 0 Å². The molecule has 250 valence electrons. The molecule has 0 amide bonds. The van der Waals surface area contributed by atoms with Crippen LogP contribution in [0.2, 0.25) is 12.1 Å². The molecule has 2 radical (unpaired) electrons. The zero-order chi connectivity index (χ0) is 34.9. The summed E-state index contributed by atoms with van der Waals surface area (Å²) in [5.74, 6) is 0.757. The molecule has 0 N–H and O–H groups in total. The third kappa shape index (κ3) is 6.08. The molecule has 2 aliphatic carbocycles. The number of fused-ring (bicyclic) bond motifs is 2. The van der Waals surface area contributed by atoms with Crippen molar-refractivity contribution in [2.45, 2.75) is 64.5 Å². The predicted octanol–water partition coefficient (Wildman–Crippen LogP) is 13.3. The second-order valence-corrected chi connectivity index (χ2v) is 15.6. The number of benzene rings is 6. The summed E-state index contributed by atoms with van der Waals surface area (Å²) in [5.41, 5.74) is 22.6. The molecule has 0 aromatic heterocycles. The minimum absolute atomic E-state index is 0.379. The third-order valence-corrected chi connectivity index (χ3v) is 12.7. The summed E-state index contributed by atoms with van der Waals surface area (Å²) in [7, 11) is 0.821. The Morgan fingerprint density at radius 1 is 0.451 bits per heavy atom. The maximum Gasteiger partial charge on any atom is 0.0397 e. The van der Waals surface area contributed by atoms with Gasteiger partial charge in [-0.3, -0.25) is 0 Å². The van der Waals surface area contributed by atoms with Gasteiger partial charge in [0.25, 0.3) is 0 Å². The van der Waals surface area contributed by atoms with Crippen molar-refractivity contribution in [2.75, 3.05) is 0 Å². The normalized spacial score (nSPS) is 16.1. The lowest BCUT2D eigenvalue weighted by molar-refractivity contribution is 0.953. The van der Waals surface area contributed by atoms with Gasteiger partial charge in [-0.05, 0) is 128 Å². The Labute approximate surface area is 307 Å². The molecule has 2 unspecified atom stereocenters. The largest absolute Gasteiger partial charge is 0.0622 e. The standard InChI is InChI=1S/C50H46Si/c1-5-35-17-13-15-23-39(35)49-33(3)25-27-41-45(49)29-43(37-19-9-7-10-20-37)47(41)31-51-32-48-42-28-26-34(4)50(40-24-16-14-18-36(40)6-2)46(42)30-44(48)38-21-11-8-12-22-38/h7-30,47-48H,5-6,31-32H2,1-4H3. The molecule has 0 saturated heterocycles. The molecule has 8 rings (SSSR count). The monoisotopic (exact) mass is 674 g/mol. The van der Waals surface area contributed by atoms with E-state index in [2.05, 4.69) is 173 Å². The van der Waals surface area contributed by atoms with Gasteiger partial charge >= 0.3 is 0 Å². The quantitative estimate of drug-likeness (QED) is 0.127. The van der Waals surface area contributed by atoms with Crippen molar-refractivity contribution in [1.82, 2.24) is 0 Å². The zero-order valence-electron chi connectivity index (χ0n) is 30.3. The van der Waals surface area contributed by atoms with Crippen LogP contribution in [-0.4, -0.2) is 9.52 Å². The van der Waals surface area contributed by atoms with E-state index in [-0.39, 0.29) is 0 Å². The molecule has 0 saturated carbocycles. The highest BCUT2D eigenvalue weighted by Crippen LogP contribution is 2.51. The SMILES string of the molecule is CCc1ccccc1-c1c(C)ccc2c1C=C(c1ccccc1)C2C[Si]CC1C(c2ccccc2)=Cc2c1ccc(C)c2-c1ccccc1CC. The molecule has 0 spiro atoms. The zero-order valence-corrected chi connectivity index (χ0v) is 31.3. The second-order valence-electron chi connectivity index (χ2n) is 14.2. The van der Waals surface area contributed by atoms with E-state index in [1.54, 1.807) is 0 Å². The predicted molar refractivity (Wildman–Crippen MR) is 221 cm³/mol. The highest BCUT2D eigenvalue weighted by Gasteiger charge is 2.32. The summed E-state index contributed by atoms with van der Waals surface area (Å²) >= 11 is 0. The summed E-state index contributed by atoms with van der Waals surface area (Å²) in [6.07, 6.45) is 7.14. The van der Waals surface area contributed by atoms with Gasteiger partial charge < -0.3 is 0 Å². The van der Waals surface area contributed by atoms with Crippen LogP contribution in [0.25, 0.3) is 45.6 Å². The van der Waals surface area contributed by atoms with Crippen molar-refractivity contribution < 1.29 is 0 Å². The fourth-order valence-corrected chi connectivity index (χ4v) is 10.4. The Balaban J connectivity index is 1.17. The number of aryl methyl sites for hydroxylation is 4. The molecule has 0 aliphatic heterocycles. The Bertz CT molecular complexity index is 2110. The van der Waals surface area contributed by atoms with Gasteiger partial charge in [-0.25, -0.2) is 0 Å². The Kier molecular flexibility index (Phi) is 9.32. The van der Waals surface area contributed by atoms with Crippen LogP contribution >= 0.6 is 0 Å². The third-order valence-electron chi connectivity index (χ3n) is 11.3. The van der Waals surface area contributed by atoms with Crippen molar-refractivity contribution in [3.05, 3.63) is 189 Å². The van der Waals surface area contributed by atoms with Gasteiger partial charge in [0.1, 0.15) is 0 Å². The minimum atomic E-state index is 0.379. The molecule has 1 heteroatoms. The van der Waals surface area contributed by atoms with Gasteiger partial charge in [-0.15, -0.1) is 0 Å². The number of hydrogen-bond donors (Lipinski definition) is 0. The van der Waals surface area contributed by atoms with Gasteiger partial charge in [0.2, 0.25) is 0 Å². The maximum atomic E-state index is 2.54. The lowest BCUT2D eigenvalue weighted by atomic mass is 9.87. The van der Waals surface area contributed by atoms with Crippen molar-refractivity contribution in [3.8, 4) is 22.3 Å². The summed E-state index contributed by atoms with van der Waals surface area (Å²) in [5, 5.41) is 0. The number of allylic oxidation sites excluding steroid dienone is 2. The molecule has 0 nitrogen and oxygen atoms in total. The van der Waals surface area contributed by atoms with Crippen LogP contribution in [-0.2, 0) is 12.8 Å². The molecule has 51 heavy (non-hydrogen) atoms.